The Morgan fingerprint density at radius 1 is 1.14 bits per heavy atom. The van der Waals surface area contributed by atoms with Gasteiger partial charge in [0.1, 0.15) is 0 Å². The van der Waals surface area contributed by atoms with Gasteiger partial charge in [0.2, 0.25) is 0 Å². The van der Waals surface area contributed by atoms with E-state index in [9.17, 15) is 0 Å². The average Bonchev–Trinajstić information content (AvgIpc) is 2.23. The van der Waals surface area contributed by atoms with Gasteiger partial charge >= 0.3 is 0 Å². The van der Waals surface area contributed by atoms with E-state index in [4.69, 9.17) is 0 Å². The largest absolute Gasteiger partial charge is 0.0874 e. The van der Waals surface area contributed by atoms with Crippen LogP contribution in [-0.4, -0.2) is 0 Å². The monoisotopic (exact) mass is 184 g/mol. The van der Waals surface area contributed by atoms with E-state index in [1.807, 2.05) is 0 Å². The van der Waals surface area contributed by atoms with Gasteiger partial charge in [-0.05, 0) is 49.0 Å². The van der Waals surface area contributed by atoms with E-state index in [-0.39, 0.29) is 0 Å². The smallest absolute Gasteiger partial charge is 0.0192 e. The molecule has 0 unspecified atom stereocenters. The normalized spacial score (nSPS) is 16.1. The highest BCUT2D eigenvalue weighted by atomic mass is 14.2. The molecule has 0 saturated heterocycles. The second kappa shape index (κ2) is 3.83. The van der Waals surface area contributed by atoms with Crippen molar-refractivity contribution in [2.24, 2.45) is 0 Å². The topological polar surface area (TPSA) is 0 Å². The maximum atomic E-state index is 2.24. The summed E-state index contributed by atoms with van der Waals surface area (Å²) in [6.45, 7) is 4.31. The molecule has 0 radical (unpaired) electrons. The molecule has 0 fully saturated rings. The van der Waals surface area contributed by atoms with Crippen LogP contribution in [0.5, 0.6) is 0 Å². The summed E-state index contributed by atoms with van der Waals surface area (Å²) in [4.78, 5) is 0. The third-order valence-corrected chi connectivity index (χ3v) is 2.93. The zero-order valence-electron chi connectivity index (χ0n) is 8.88. The van der Waals surface area contributed by atoms with Crippen LogP contribution in [0, 0.1) is 0 Å². The summed E-state index contributed by atoms with van der Waals surface area (Å²) in [6.07, 6.45) is 6.75. The molecule has 0 heteroatoms. The second-order valence-electron chi connectivity index (χ2n) is 3.81. The van der Waals surface area contributed by atoms with Crippen LogP contribution in [0.15, 0.2) is 42.0 Å². The first-order valence-corrected chi connectivity index (χ1v) is 5.23. The van der Waals surface area contributed by atoms with Crippen molar-refractivity contribution in [2.75, 3.05) is 0 Å². The molecule has 72 valence electrons. The van der Waals surface area contributed by atoms with Gasteiger partial charge in [-0.15, -0.1) is 0 Å². The summed E-state index contributed by atoms with van der Waals surface area (Å²) in [5, 5.41) is 0. The lowest BCUT2D eigenvalue weighted by Gasteiger charge is -2.19. The molecular weight excluding hydrogens is 168 g/mol. The van der Waals surface area contributed by atoms with Gasteiger partial charge in [-0.3, -0.25) is 0 Å². The van der Waals surface area contributed by atoms with Crippen molar-refractivity contribution in [2.45, 2.75) is 26.7 Å². The Labute approximate surface area is 86.0 Å². The van der Waals surface area contributed by atoms with E-state index in [1.165, 1.54) is 35.1 Å². The first-order valence-electron chi connectivity index (χ1n) is 5.23. The molecule has 14 heavy (non-hydrogen) atoms. The number of benzene rings is 1. The lowest BCUT2D eigenvalue weighted by Crippen LogP contribution is -2.01. The Balaban J connectivity index is 2.51. The predicted molar refractivity (Wildman–Crippen MR) is 62.2 cm³/mol. The SMILES string of the molecule is C/C=C/C1=C(C)c2ccccc2CC1. The lowest BCUT2D eigenvalue weighted by atomic mass is 9.86. The van der Waals surface area contributed by atoms with Crippen LogP contribution in [0.1, 0.15) is 31.4 Å². The Kier molecular flexibility index (Phi) is 2.53. The maximum absolute atomic E-state index is 2.24. The molecule has 1 aromatic rings. The fraction of sp³-hybridized carbons (Fsp3) is 0.286. The standard InChI is InChI=1S/C14H16/c1-3-6-12-9-10-13-7-4-5-8-14(13)11(12)2/h3-8H,9-10H2,1-2H3/b6-3+. The fourth-order valence-corrected chi connectivity index (χ4v) is 2.14. The van der Waals surface area contributed by atoms with Crippen LogP contribution < -0.4 is 0 Å². The summed E-state index contributed by atoms with van der Waals surface area (Å²) in [6, 6.07) is 8.73. The number of rotatable bonds is 1. The van der Waals surface area contributed by atoms with Crippen molar-refractivity contribution >= 4 is 5.57 Å². The summed E-state index contributed by atoms with van der Waals surface area (Å²) >= 11 is 0. The van der Waals surface area contributed by atoms with Crippen LogP contribution in [0.3, 0.4) is 0 Å². The second-order valence-corrected chi connectivity index (χ2v) is 3.81. The van der Waals surface area contributed by atoms with Gasteiger partial charge in [0.15, 0.2) is 0 Å². The molecule has 2 rings (SSSR count). The van der Waals surface area contributed by atoms with Gasteiger partial charge in [0, 0.05) is 0 Å². The van der Waals surface area contributed by atoms with Crippen molar-refractivity contribution in [1.82, 2.24) is 0 Å². The van der Waals surface area contributed by atoms with Crippen LogP contribution in [0.2, 0.25) is 0 Å². The molecule has 0 N–H and O–H groups in total. The third-order valence-electron chi connectivity index (χ3n) is 2.93. The molecule has 0 amide bonds. The molecule has 0 spiro atoms. The minimum atomic E-state index is 1.19. The first kappa shape index (κ1) is 9.26. The first-order chi connectivity index (χ1) is 6.83. The molecule has 0 aliphatic heterocycles. The van der Waals surface area contributed by atoms with Crippen molar-refractivity contribution in [3.63, 3.8) is 0 Å². The predicted octanol–water partition coefficient (Wildman–Crippen LogP) is 3.98. The summed E-state index contributed by atoms with van der Waals surface area (Å²) in [5.74, 6) is 0. The number of hydrogen-bond acceptors (Lipinski definition) is 0. The van der Waals surface area contributed by atoms with Crippen molar-refractivity contribution in [3.05, 3.63) is 53.1 Å². The molecule has 1 aliphatic carbocycles. The quantitative estimate of drug-likeness (QED) is 0.619. The number of allylic oxidation sites excluding steroid dienone is 4. The molecule has 0 nitrogen and oxygen atoms in total. The molecule has 0 aromatic heterocycles. The van der Waals surface area contributed by atoms with Gasteiger partial charge in [0.05, 0.1) is 0 Å². The number of hydrogen-bond donors (Lipinski definition) is 0. The number of fused-ring (bicyclic) bond motifs is 1. The summed E-state index contributed by atoms with van der Waals surface area (Å²) in [7, 11) is 0. The number of aryl methyl sites for hydroxylation is 1. The van der Waals surface area contributed by atoms with E-state index in [1.54, 1.807) is 0 Å². The zero-order valence-corrected chi connectivity index (χ0v) is 8.88. The minimum absolute atomic E-state index is 1.19. The Morgan fingerprint density at radius 3 is 2.71 bits per heavy atom. The zero-order chi connectivity index (χ0) is 9.97. The highest BCUT2D eigenvalue weighted by Gasteiger charge is 2.12. The molecule has 0 bridgehead atoms. The molecule has 1 aromatic carbocycles. The molecule has 0 saturated carbocycles. The van der Waals surface area contributed by atoms with Crippen LogP contribution in [-0.2, 0) is 6.42 Å². The third kappa shape index (κ3) is 1.52. The van der Waals surface area contributed by atoms with E-state index in [0.29, 0.717) is 0 Å². The fourth-order valence-electron chi connectivity index (χ4n) is 2.14. The highest BCUT2D eigenvalue weighted by Crippen LogP contribution is 2.31. The molecular formula is C14H16. The van der Waals surface area contributed by atoms with E-state index in [0.717, 1.165) is 0 Å². The van der Waals surface area contributed by atoms with Crippen LogP contribution in [0.4, 0.5) is 0 Å². The van der Waals surface area contributed by atoms with Crippen molar-refractivity contribution < 1.29 is 0 Å². The summed E-state index contributed by atoms with van der Waals surface area (Å²) < 4.78 is 0. The Bertz CT molecular complexity index is 394. The van der Waals surface area contributed by atoms with Crippen LogP contribution >= 0.6 is 0 Å². The van der Waals surface area contributed by atoms with Gasteiger partial charge in [-0.25, -0.2) is 0 Å². The molecule has 0 heterocycles. The van der Waals surface area contributed by atoms with Gasteiger partial charge < -0.3 is 0 Å². The molecule has 1 aliphatic rings. The van der Waals surface area contributed by atoms with Crippen molar-refractivity contribution in [1.29, 1.82) is 0 Å². The maximum Gasteiger partial charge on any atom is -0.0192 e. The van der Waals surface area contributed by atoms with Gasteiger partial charge in [-0.1, -0.05) is 36.4 Å². The van der Waals surface area contributed by atoms with Gasteiger partial charge in [0.25, 0.3) is 0 Å². The summed E-state index contributed by atoms with van der Waals surface area (Å²) in [5.41, 5.74) is 5.88. The Hall–Kier alpha value is -1.30. The van der Waals surface area contributed by atoms with Crippen molar-refractivity contribution in [3.8, 4) is 0 Å². The van der Waals surface area contributed by atoms with E-state index >= 15 is 0 Å². The van der Waals surface area contributed by atoms with Gasteiger partial charge in [-0.2, -0.15) is 0 Å². The Morgan fingerprint density at radius 2 is 1.93 bits per heavy atom. The average molecular weight is 184 g/mol. The van der Waals surface area contributed by atoms with Crippen LogP contribution in [0.25, 0.3) is 5.57 Å². The van der Waals surface area contributed by atoms with E-state index < -0.39 is 0 Å². The van der Waals surface area contributed by atoms with E-state index in [2.05, 4.69) is 50.3 Å². The minimum Gasteiger partial charge on any atom is -0.0874 e. The molecule has 0 atom stereocenters. The highest BCUT2D eigenvalue weighted by molar-refractivity contribution is 5.73. The lowest BCUT2D eigenvalue weighted by molar-refractivity contribution is 0.938.